The normalized spacial score (nSPS) is 12.6. The molecule has 1 heterocycles. The SMILES string of the molecule is NC(CSc1cccc(F)c1)c1occc1Br. The van der Waals surface area contributed by atoms with Crippen molar-refractivity contribution in [3.63, 3.8) is 0 Å². The van der Waals surface area contributed by atoms with Crippen LogP contribution in [0.25, 0.3) is 0 Å². The summed E-state index contributed by atoms with van der Waals surface area (Å²) in [5.41, 5.74) is 5.99. The van der Waals surface area contributed by atoms with Crippen molar-refractivity contribution in [2.45, 2.75) is 10.9 Å². The van der Waals surface area contributed by atoms with Crippen LogP contribution in [-0.4, -0.2) is 5.75 Å². The van der Waals surface area contributed by atoms with E-state index in [1.165, 1.54) is 23.9 Å². The van der Waals surface area contributed by atoms with Gasteiger partial charge in [-0.2, -0.15) is 0 Å². The molecule has 0 spiro atoms. The van der Waals surface area contributed by atoms with Crippen LogP contribution in [0.4, 0.5) is 4.39 Å². The molecule has 1 aromatic carbocycles. The molecule has 1 aromatic heterocycles. The minimum absolute atomic E-state index is 0.215. The summed E-state index contributed by atoms with van der Waals surface area (Å²) in [6, 6.07) is 8.06. The van der Waals surface area contributed by atoms with Gasteiger partial charge in [0, 0.05) is 10.6 Å². The topological polar surface area (TPSA) is 39.2 Å². The molecular weight excluding hydrogens is 305 g/mol. The first-order valence-corrected chi connectivity index (χ1v) is 6.81. The lowest BCUT2D eigenvalue weighted by Crippen LogP contribution is -2.12. The molecule has 0 aliphatic heterocycles. The molecule has 0 aliphatic rings. The van der Waals surface area contributed by atoms with E-state index in [0.717, 1.165) is 9.37 Å². The maximum atomic E-state index is 13.0. The Morgan fingerprint density at radius 2 is 2.24 bits per heavy atom. The number of halogens is 2. The molecule has 0 aliphatic carbocycles. The van der Waals surface area contributed by atoms with E-state index in [1.54, 1.807) is 12.3 Å². The predicted molar refractivity (Wildman–Crippen MR) is 70.5 cm³/mol. The summed E-state index contributed by atoms with van der Waals surface area (Å²) in [5, 5.41) is 0. The highest BCUT2D eigenvalue weighted by Gasteiger charge is 2.13. The fourth-order valence-corrected chi connectivity index (χ4v) is 2.78. The molecule has 2 aromatic rings. The molecule has 0 radical (unpaired) electrons. The quantitative estimate of drug-likeness (QED) is 0.868. The first-order valence-electron chi connectivity index (χ1n) is 5.03. The molecule has 0 bridgehead atoms. The van der Waals surface area contributed by atoms with Crippen molar-refractivity contribution in [3.05, 3.63) is 52.6 Å². The molecular formula is C12H11BrFNOS. The van der Waals surface area contributed by atoms with Crippen LogP contribution in [0, 0.1) is 5.82 Å². The summed E-state index contributed by atoms with van der Waals surface area (Å²) in [7, 11) is 0. The van der Waals surface area contributed by atoms with Gasteiger partial charge in [0.05, 0.1) is 16.8 Å². The Morgan fingerprint density at radius 3 is 2.88 bits per heavy atom. The highest BCUT2D eigenvalue weighted by Crippen LogP contribution is 2.28. The molecule has 2 nitrogen and oxygen atoms in total. The zero-order valence-electron chi connectivity index (χ0n) is 8.90. The van der Waals surface area contributed by atoms with Gasteiger partial charge < -0.3 is 10.2 Å². The van der Waals surface area contributed by atoms with E-state index in [0.29, 0.717) is 11.5 Å². The Kier molecular flexibility index (Phi) is 4.25. The zero-order chi connectivity index (χ0) is 12.3. The van der Waals surface area contributed by atoms with Gasteiger partial charge in [0.25, 0.3) is 0 Å². The summed E-state index contributed by atoms with van der Waals surface area (Å²) in [5.74, 6) is 1.12. The fraction of sp³-hybridized carbons (Fsp3) is 0.167. The molecule has 90 valence electrons. The van der Waals surface area contributed by atoms with E-state index in [1.807, 2.05) is 12.1 Å². The van der Waals surface area contributed by atoms with Crippen molar-refractivity contribution >= 4 is 27.7 Å². The van der Waals surface area contributed by atoms with Crippen LogP contribution in [0.3, 0.4) is 0 Å². The maximum absolute atomic E-state index is 13.0. The van der Waals surface area contributed by atoms with Gasteiger partial charge >= 0.3 is 0 Å². The van der Waals surface area contributed by atoms with Crippen molar-refractivity contribution in [2.75, 3.05) is 5.75 Å². The second-order valence-corrected chi connectivity index (χ2v) is 5.46. The van der Waals surface area contributed by atoms with Crippen molar-refractivity contribution < 1.29 is 8.81 Å². The van der Waals surface area contributed by atoms with Gasteiger partial charge in [0.15, 0.2) is 0 Å². The molecule has 1 unspecified atom stereocenters. The van der Waals surface area contributed by atoms with E-state index in [4.69, 9.17) is 10.2 Å². The Hall–Kier alpha value is -0.780. The Balaban J connectivity index is 1.97. The van der Waals surface area contributed by atoms with E-state index in [2.05, 4.69) is 15.9 Å². The summed E-state index contributed by atoms with van der Waals surface area (Å²) in [6.45, 7) is 0. The molecule has 0 saturated carbocycles. The van der Waals surface area contributed by atoms with Crippen molar-refractivity contribution in [2.24, 2.45) is 5.73 Å². The van der Waals surface area contributed by atoms with E-state index < -0.39 is 0 Å². The third kappa shape index (κ3) is 3.34. The average Bonchev–Trinajstić information content (AvgIpc) is 2.72. The molecule has 1 atom stereocenters. The maximum Gasteiger partial charge on any atom is 0.135 e. The van der Waals surface area contributed by atoms with Gasteiger partial charge in [-0.3, -0.25) is 0 Å². The van der Waals surface area contributed by atoms with Gasteiger partial charge in [0.2, 0.25) is 0 Å². The molecule has 5 heteroatoms. The molecule has 2 rings (SSSR count). The molecule has 0 saturated heterocycles. The molecule has 0 amide bonds. The lowest BCUT2D eigenvalue weighted by molar-refractivity contribution is 0.480. The van der Waals surface area contributed by atoms with E-state index in [9.17, 15) is 4.39 Å². The Bertz CT molecular complexity index is 503. The van der Waals surface area contributed by atoms with Crippen LogP contribution in [0.1, 0.15) is 11.8 Å². The van der Waals surface area contributed by atoms with Crippen LogP contribution in [0.15, 0.2) is 50.4 Å². The third-order valence-electron chi connectivity index (χ3n) is 2.21. The standard InChI is InChI=1S/C12H11BrFNOS/c13-10-4-5-16-12(10)11(15)7-17-9-3-1-2-8(14)6-9/h1-6,11H,7,15H2. The smallest absolute Gasteiger partial charge is 0.135 e. The lowest BCUT2D eigenvalue weighted by atomic mass is 10.3. The number of thioether (sulfide) groups is 1. The van der Waals surface area contributed by atoms with Gasteiger partial charge in [-0.25, -0.2) is 4.39 Å². The third-order valence-corrected chi connectivity index (χ3v) is 3.98. The Morgan fingerprint density at radius 1 is 1.41 bits per heavy atom. The largest absolute Gasteiger partial charge is 0.466 e. The van der Waals surface area contributed by atoms with Gasteiger partial charge in [-0.15, -0.1) is 11.8 Å². The number of furan rings is 1. The second kappa shape index (κ2) is 5.71. The number of hydrogen-bond acceptors (Lipinski definition) is 3. The van der Waals surface area contributed by atoms with Crippen LogP contribution in [0.5, 0.6) is 0 Å². The van der Waals surface area contributed by atoms with Gasteiger partial charge in [-0.1, -0.05) is 6.07 Å². The molecule has 0 fully saturated rings. The minimum Gasteiger partial charge on any atom is -0.466 e. The van der Waals surface area contributed by atoms with Crippen LogP contribution >= 0.6 is 27.7 Å². The second-order valence-electron chi connectivity index (χ2n) is 3.51. The predicted octanol–water partition coefficient (Wildman–Crippen LogP) is 3.97. The number of hydrogen-bond donors (Lipinski definition) is 1. The minimum atomic E-state index is -0.234. The Labute approximate surface area is 112 Å². The highest BCUT2D eigenvalue weighted by atomic mass is 79.9. The summed E-state index contributed by atoms with van der Waals surface area (Å²) in [4.78, 5) is 0.864. The summed E-state index contributed by atoms with van der Waals surface area (Å²) < 4.78 is 19.1. The van der Waals surface area contributed by atoms with Crippen LogP contribution in [-0.2, 0) is 0 Å². The molecule has 17 heavy (non-hydrogen) atoms. The number of nitrogens with two attached hydrogens (primary N) is 1. The fourth-order valence-electron chi connectivity index (χ4n) is 1.39. The lowest BCUT2D eigenvalue weighted by Gasteiger charge is -2.09. The van der Waals surface area contributed by atoms with Crippen LogP contribution < -0.4 is 5.73 Å². The monoisotopic (exact) mass is 315 g/mol. The summed E-state index contributed by atoms with van der Waals surface area (Å²) in [6.07, 6.45) is 1.59. The first-order chi connectivity index (χ1) is 8.16. The average molecular weight is 316 g/mol. The number of benzene rings is 1. The van der Waals surface area contributed by atoms with E-state index >= 15 is 0 Å². The highest BCUT2D eigenvalue weighted by molar-refractivity contribution is 9.10. The molecule has 2 N–H and O–H groups in total. The van der Waals surface area contributed by atoms with Crippen LogP contribution in [0.2, 0.25) is 0 Å². The van der Waals surface area contributed by atoms with Gasteiger partial charge in [-0.05, 0) is 40.2 Å². The van der Waals surface area contributed by atoms with E-state index in [-0.39, 0.29) is 11.9 Å². The van der Waals surface area contributed by atoms with Crippen molar-refractivity contribution in [1.82, 2.24) is 0 Å². The van der Waals surface area contributed by atoms with Crippen molar-refractivity contribution in [1.29, 1.82) is 0 Å². The summed E-state index contributed by atoms with van der Waals surface area (Å²) >= 11 is 4.87. The zero-order valence-corrected chi connectivity index (χ0v) is 11.3. The number of rotatable bonds is 4. The van der Waals surface area contributed by atoms with Gasteiger partial charge in [0.1, 0.15) is 11.6 Å². The first kappa shape index (κ1) is 12.7. The van der Waals surface area contributed by atoms with Crippen molar-refractivity contribution in [3.8, 4) is 0 Å².